The molecular formula is C13H13ClN2O4S. The van der Waals surface area contributed by atoms with Crippen LogP contribution in [-0.4, -0.2) is 20.6 Å². The zero-order chi connectivity index (χ0) is 15.6. The van der Waals surface area contributed by atoms with E-state index in [1.807, 2.05) is 0 Å². The number of amides is 1. The highest BCUT2D eigenvalue weighted by Crippen LogP contribution is 2.22. The zero-order valence-corrected chi connectivity index (χ0v) is 12.9. The highest BCUT2D eigenvalue weighted by molar-refractivity contribution is 7.92. The zero-order valence-electron chi connectivity index (χ0n) is 11.3. The van der Waals surface area contributed by atoms with Crippen molar-refractivity contribution in [1.29, 1.82) is 0 Å². The molecule has 21 heavy (non-hydrogen) atoms. The number of hydrogen-bond donors (Lipinski definition) is 2. The summed E-state index contributed by atoms with van der Waals surface area (Å²) in [4.78, 5) is 12.0. The number of furan rings is 1. The van der Waals surface area contributed by atoms with Crippen molar-refractivity contribution in [3.8, 4) is 0 Å². The lowest BCUT2D eigenvalue weighted by atomic mass is 10.2. The minimum Gasteiger partial charge on any atom is -0.452 e. The Bertz CT molecular complexity index is 783. The normalized spacial score (nSPS) is 11.2. The van der Waals surface area contributed by atoms with E-state index in [1.165, 1.54) is 12.3 Å². The largest absolute Gasteiger partial charge is 0.452 e. The van der Waals surface area contributed by atoms with Gasteiger partial charge in [-0.1, -0.05) is 0 Å². The Kier molecular flexibility index (Phi) is 4.24. The van der Waals surface area contributed by atoms with Crippen LogP contribution in [0.1, 0.15) is 15.9 Å². The Morgan fingerprint density at radius 2 is 2.00 bits per heavy atom. The molecule has 0 saturated carbocycles. The van der Waals surface area contributed by atoms with E-state index < -0.39 is 15.9 Å². The molecule has 112 valence electrons. The average Bonchev–Trinajstić information content (AvgIpc) is 2.77. The minimum atomic E-state index is -3.34. The summed E-state index contributed by atoms with van der Waals surface area (Å²) >= 11 is 5.73. The number of carbonyl (C=O) groups excluding carboxylic acids is 1. The summed E-state index contributed by atoms with van der Waals surface area (Å²) in [6.07, 6.45) is 2.39. The lowest BCUT2D eigenvalue weighted by Gasteiger charge is -2.10. The fourth-order valence-corrected chi connectivity index (χ4v) is 2.54. The molecule has 0 spiro atoms. The number of benzene rings is 1. The molecule has 1 amide bonds. The Hall–Kier alpha value is -1.99. The summed E-state index contributed by atoms with van der Waals surface area (Å²) in [6, 6.07) is 6.28. The third-order valence-electron chi connectivity index (χ3n) is 2.64. The van der Waals surface area contributed by atoms with E-state index in [-0.39, 0.29) is 10.8 Å². The number of carbonyl (C=O) groups is 1. The molecule has 1 heterocycles. The first-order valence-electron chi connectivity index (χ1n) is 5.89. The van der Waals surface area contributed by atoms with Crippen molar-refractivity contribution in [2.45, 2.75) is 6.92 Å². The van der Waals surface area contributed by atoms with Gasteiger partial charge in [0.25, 0.3) is 5.91 Å². The summed E-state index contributed by atoms with van der Waals surface area (Å²) in [5, 5.41) is 2.67. The summed E-state index contributed by atoms with van der Waals surface area (Å²) in [5.41, 5.74) is 1.88. The lowest BCUT2D eigenvalue weighted by molar-refractivity contribution is 0.102. The van der Waals surface area contributed by atoms with Crippen LogP contribution in [0.4, 0.5) is 11.4 Å². The topological polar surface area (TPSA) is 88.4 Å². The Balaban J connectivity index is 2.18. The van der Waals surface area contributed by atoms with Gasteiger partial charge < -0.3 is 9.73 Å². The number of rotatable bonds is 4. The van der Waals surface area contributed by atoms with Gasteiger partial charge in [0, 0.05) is 5.69 Å². The fraction of sp³-hybridized carbons (Fsp3) is 0.154. The van der Waals surface area contributed by atoms with Gasteiger partial charge in [0.2, 0.25) is 15.2 Å². The Morgan fingerprint density at radius 1 is 1.29 bits per heavy atom. The van der Waals surface area contributed by atoms with Gasteiger partial charge >= 0.3 is 0 Å². The van der Waals surface area contributed by atoms with E-state index in [4.69, 9.17) is 16.0 Å². The molecule has 2 aromatic rings. The first-order valence-corrected chi connectivity index (χ1v) is 8.16. The maximum atomic E-state index is 12.0. The van der Waals surface area contributed by atoms with Gasteiger partial charge in [-0.05, 0) is 48.4 Å². The Labute approximate surface area is 127 Å². The second kappa shape index (κ2) is 5.79. The third kappa shape index (κ3) is 3.99. The first-order chi connectivity index (χ1) is 9.76. The highest BCUT2D eigenvalue weighted by atomic mass is 35.5. The van der Waals surface area contributed by atoms with Gasteiger partial charge in [-0.25, -0.2) is 8.42 Å². The van der Waals surface area contributed by atoms with Crippen LogP contribution < -0.4 is 10.0 Å². The van der Waals surface area contributed by atoms with Crippen molar-refractivity contribution >= 4 is 38.9 Å². The average molecular weight is 329 g/mol. The van der Waals surface area contributed by atoms with Gasteiger partial charge in [-0.3, -0.25) is 9.52 Å². The molecule has 1 aromatic carbocycles. The Morgan fingerprint density at radius 3 is 2.52 bits per heavy atom. The quantitative estimate of drug-likeness (QED) is 0.903. The molecule has 0 aliphatic carbocycles. The summed E-state index contributed by atoms with van der Waals surface area (Å²) < 4.78 is 29.6. The van der Waals surface area contributed by atoms with Crippen LogP contribution in [-0.2, 0) is 10.0 Å². The lowest BCUT2D eigenvalue weighted by Crippen LogP contribution is -2.13. The van der Waals surface area contributed by atoms with Crippen molar-refractivity contribution in [2.24, 2.45) is 0 Å². The molecule has 0 aliphatic rings. The van der Waals surface area contributed by atoms with Crippen molar-refractivity contribution in [3.63, 3.8) is 0 Å². The van der Waals surface area contributed by atoms with Crippen LogP contribution in [0.5, 0.6) is 0 Å². The molecule has 2 N–H and O–H groups in total. The molecule has 0 bridgehead atoms. The smallest absolute Gasteiger partial charge is 0.260 e. The first kappa shape index (κ1) is 15.4. The molecule has 0 atom stereocenters. The van der Waals surface area contributed by atoms with Gasteiger partial charge in [-0.15, -0.1) is 0 Å². The summed E-state index contributed by atoms with van der Waals surface area (Å²) in [5.74, 6) is -0.406. The van der Waals surface area contributed by atoms with Gasteiger partial charge in [0.05, 0.1) is 23.8 Å². The van der Waals surface area contributed by atoms with Crippen LogP contribution in [0.2, 0.25) is 5.22 Å². The maximum absolute atomic E-state index is 12.0. The minimum absolute atomic E-state index is 0.0135. The molecule has 2 rings (SSSR count). The fourth-order valence-electron chi connectivity index (χ4n) is 1.71. The highest BCUT2D eigenvalue weighted by Gasteiger charge is 2.13. The molecular weight excluding hydrogens is 316 g/mol. The number of halogens is 1. The number of anilines is 2. The number of nitrogens with one attached hydrogen (secondary N) is 2. The van der Waals surface area contributed by atoms with E-state index in [1.54, 1.807) is 25.1 Å². The van der Waals surface area contributed by atoms with E-state index in [9.17, 15) is 13.2 Å². The monoisotopic (exact) mass is 328 g/mol. The molecule has 0 aliphatic heterocycles. The van der Waals surface area contributed by atoms with Crippen LogP contribution in [0.3, 0.4) is 0 Å². The SMILES string of the molecule is Cc1cc(NC(=O)c2ccoc2Cl)ccc1NS(C)(=O)=O. The maximum Gasteiger partial charge on any atom is 0.260 e. The van der Waals surface area contributed by atoms with E-state index in [0.29, 0.717) is 16.9 Å². The van der Waals surface area contributed by atoms with Crippen molar-refractivity contribution in [1.82, 2.24) is 0 Å². The summed E-state index contributed by atoms with van der Waals surface area (Å²) in [7, 11) is -3.34. The number of aryl methyl sites for hydroxylation is 1. The van der Waals surface area contributed by atoms with Gasteiger partial charge in [0.1, 0.15) is 0 Å². The van der Waals surface area contributed by atoms with Crippen LogP contribution in [0.15, 0.2) is 34.9 Å². The van der Waals surface area contributed by atoms with E-state index >= 15 is 0 Å². The van der Waals surface area contributed by atoms with Crippen LogP contribution in [0, 0.1) is 6.92 Å². The predicted octanol–water partition coefficient (Wildman–Crippen LogP) is 2.87. The molecule has 0 unspecified atom stereocenters. The predicted molar refractivity (Wildman–Crippen MR) is 81.3 cm³/mol. The molecule has 0 saturated heterocycles. The summed E-state index contributed by atoms with van der Waals surface area (Å²) in [6.45, 7) is 1.73. The van der Waals surface area contributed by atoms with Gasteiger partial charge in [0.15, 0.2) is 0 Å². The van der Waals surface area contributed by atoms with Crippen LogP contribution >= 0.6 is 11.6 Å². The second-order valence-corrected chi connectivity index (χ2v) is 6.56. The van der Waals surface area contributed by atoms with Crippen LogP contribution in [0.25, 0.3) is 0 Å². The number of hydrogen-bond acceptors (Lipinski definition) is 4. The standard InChI is InChI=1S/C13H13ClN2O4S/c1-8-7-9(3-4-11(8)16-21(2,18)19)15-13(17)10-5-6-20-12(10)14/h3-7,16H,1-2H3,(H,15,17). The second-order valence-electron chi connectivity index (χ2n) is 4.47. The number of sulfonamides is 1. The van der Waals surface area contributed by atoms with Gasteiger partial charge in [-0.2, -0.15) is 0 Å². The molecule has 0 fully saturated rings. The molecule has 6 nitrogen and oxygen atoms in total. The third-order valence-corrected chi connectivity index (χ3v) is 3.53. The van der Waals surface area contributed by atoms with E-state index in [0.717, 1.165) is 6.26 Å². The van der Waals surface area contributed by atoms with Crippen molar-refractivity contribution in [2.75, 3.05) is 16.3 Å². The molecule has 1 aromatic heterocycles. The van der Waals surface area contributed by atoms with E-state index in [2.05, 4.69) is 10.0 Å². The molecule has 8 heteroatoms. The van der Waals surface area contributed by atoms with Crippen molar-refractivity contribution in [3.05, 3.63) is 46.9 Å². The van der Waals surface area contributed by atoms with Crippen molar-refractivity contribution < 1.29 is 17.6 Å². The molecule has 0 radical (unpaired) electrons.